The standard InChI is InChI=1S/C22H21FN2O5/c23-18-5-2-1-4-16(18)14-30-17-9-7-15(8-10-17)19-6-3-11-22(12-13-24,20(26)27)25(19)21(28)29/h1-2,4-5,7-10,19H,3,6,11-12,14H2,(H,26,27)(H,28,29)/t19-,22-/m0/s1. The van der Waals surface area contributed by atoms with Crippen LogP contribution in [0.5, 0.6) is 5.75 Å². The molecule has 0 aromatic heterocycles. The fourth-order valence-electron chi connectivity index (χ4n) is 3.92. The second-order valence-corrected chi connectivity index (χ2v) is 7.18. The number of carbonyl (C=O) groups is 2. The van der Waals surface area contributed by atoms with Gasteiger partial charge in [0.2, 0.25) is 0 Å². The van der Waals surface area contributed by atoms with E-state index >= 15 is 0 Å². The number of hydrogen-bond acceptors (Lipinski definition) is 4. The van der Waals surface area contributed by atoms with Crippen molar-refractivity contribution in [3.8, 4) is 11.8 Å². The highest BCUT2D eigenvalue weighted by atomic mass is 19.1. The lowest BCUT2D eigenvalue weighted by atomic mass is 9.79. The number of likely N-dealkylation sites (tertiary alicyclic amines) is 1. The van der Waals surface area contributed by atoms with Crippen LogP contribution in [-0.2, 0) is 11.4 Å². The molecule has 0 radical (unpaired) electrons. The summed E-state index contributed by atoms with van der Waals surface area (Å²) in [6.07, 6.45) is -0.787. The third-order valence-electron chi connectivity index (χ3n) is 5.43. The van der Waals surface area contributed by atoms with Gasteiger partial charge in [-0.15, -0.1) is 0 Å². The zero-order valence-electron chi connectivity index (χ0n) is 16.1. The van der Waals surface area contributed by atoms with Crippen LogP contribution in [0.3, 0.4) is 0 Å². The number of nitriles is 1. The fraction of sp³-hybridized carbons (Fsp3) is 0.318. The lowest BCUT2D eigenvalue weighted by molar-refractivity contribution is -0.154. The lowest BCUT2D eigenvalue weighted by Crippen LogP contribution is -2.59. The number of benzene rings is 2. The highest BCUT2D eigenvalue weighted by Crippen LogP contribution is 2.42. The fourth-order valence-corrected chi connectivity index (χ4v) is 3.92. The normalized spacial score (nSPS) is 20.9. The number of rotatable bonds is 6. The molecule has 2 N–H and O–H groups in total. The SMILES string of the molecule is N#CC[C@]1(C(=O)O)CCC[C@@H](c2ccc(OCc3ccccc3F)cc2)N1C(=O)O. The highest BCUT2D eigenvalue weighted by molar-refractivity contribution is 5.85. The van der Waals surface area contributed by atoms with E-state index in [4.69, 9.17) is 10.00 Å². The second kappa shape index (κ2) is 8.82. The molecule has 0 unspecified atom stereocenters. The van der Waals surface area contributed by atoms with E-state index in [1.807, 2.05) is 6.07 Å². The van der Waals surface area contributed by atoms with Gasteiger partial charge >= 0.3 is 12.1 Å². The Morgan fingerprint density at radius 3 is 2.50 bits per heavy atom. The van der Waals surface area contributed by atoms with E-state index in [1.54, 1.807) is 42.5 Å². The number of amides is 1. The molecule has 2 atom stereocenters. The maximum absolute atomic E-state index is 13.7. The Bertz CT molecular complexity index is 972. The van der Waals surface area contributed by atoms with E-state index < -0.39 is 30.1 Å². The van der Waals surface area contributed by atoms with Gasteiger partial charge in [0.1, 0.15) is 18.2 Å². The van der Waals surface area contributed by atoms with E-state index in [-0.39, 0.29) is 18.8 Å². The first-order valence-electron chi connectivity index (χ1n) is 9.48. The lowest BCUT2D eigenvalue weighted by Gasteiger charge is -2.46. The third-order valence-corrected chi connectivity index (χ3v) is 5.43. The first-order chi connectivity index (χ1) is 14.4. The number of hydrogen-bond donors (Lipinski definition) is 2. The summed E-state index contributed by atoms with van der Waals surface area (Å²) in [6, 6.07) is 14.0. The van der Waals surface area contributed by atoms with Crippen molar-refractivity contribution < 1.29 is 28.9 Å². The Kier molecular flexibility index (Phi) is 6.21. The first kappa shape index (κ1) is 21.1. The quantitative estimate of drug-likeness (QED) is 0.730. The van der Waals surface area contributed by atoms with E-state index in [2.05, 4.69) is 0 Å². The van der Waals surface area contributed by atoms with E-state index in [0.29, 0.717) is 29.7 Å². The van der Waals surface area contributed by atoms with Crippen molar-refractivity contribution in [2.24, 2.45) is 0 Å². The van der Waals surface area contributed by atoms with Gasteiger partial charge in [-0.1, -0.05) is 30.3 Å². The maximum atomic E-state index is 13.7. The number of aliphatic carboxylic acids is 1. The van der Waals surface area contributed by atoms with Gasteiger partial charge in [-0.2, -0.15) is 5.26 Å². The third kappa shape index (κ3) is 4.06. The van der Waals surface area contributed by atoms with Crippen molar-refractivity contribution in [1.29, 1.82) is 5.26 Å². The summed E-state index contributed by atoms with van der Waals surface area (Å²) >= 11 is 0. The summed E-state index contributed by atoms with van der Waals surface area (Å²) < 4.78 is 19.3. The average Bonchev–Trinajstić information content (AvgIpc) is 2.73. The zero-order chi connectivity index (χ0) is 21.7. The van der Waals surface area contributed by atoms with Crippen molar-refractivity contribution >= 4 is 12.1 Å². The summed E-state index contributed by atoms with van der Waals surface area (Å²) in [4.78, 5) is 24.8. The van der Waals surface area contributed by atoms with Crippen LogP contribution < -0.4 is 4.74 Å². The van der Waals surface area contributed by atoms with Crippen LogP contribution in [0.15, 0.2) is 48.5 Å². The monoisotopic (exact) mass is 412 g/mol. The molecular weight excluding hydrogens is 391 g/mol. The van der Waals surface area contributed by atoms with Gasteiger partial charge < -0.3 is 14.9 Å². The van der Waals surface area contributed by atoms with Gasteiger partial charge in [0.15, 0.2) is 5.54 Å². The molecule has 7 nitrogen and oxygen atoms in total. The van der Waals surface area contributed by atoms with E-state index in [0.717, 1.165) is 4.90 Å². The Labute approximate surface area is 172 Å². The predicted octanol–water partition coefficient (Wildman–Crippen LogP) is 4.35. The second-order valence-electron chi connectivity index (χ2n) is 7.18. The molecule has 1 amide bonds. The number of carboxylic acid groups (broad SMARTS) is 2. The minimum atomic E-state index is -1.77. The number of nitrogens with zero attached hydrogens (tertiary/aromatic N) is 2. The molecule has 1 aliphatic heterocycles. The zero-order valence-corrected chi connectivity index (χ0v) is 16.1. The number of ether oxygens (including phenoxy) is 1. The molecule has 2 aromatic carbocycles. The molecule has 1 saturated heterocycles. The van der Waals surface area contributed by atoms with Gasteiger partial charge in [-0.25, -0.2) is 14.0 Å². The molecule has 1 heterocycles. The maximum Gasteiger partial charge on any atom is 0.408 e. The largest absolute Gasteiger partial charge is 0.489 e. The molecule has 156 valence electrons. The molecule has 0 saturated carbocycles. The molecule has 1 fully saturated rings. The molecule has 30 heavy (non-hydrogen) atoms. The molecule has 0 bridgehead atoms. The Hall–Kier alpha value is -3.60. The summed E-state index contributed by atoms with van der Waals surface area (Å²) in [7, 11) is 0. The van der Waals surface area contributed by atoms with Crippen molar-refractivity contribution in [3.05, 3.63) is 65.5 Å². The topological polar surface area (TPSA) is 111 Å². The molecule has 8 heteroatoms. The van der Waals surface area contributed by atoms with Crippen molar-refractivity contribution in [3.63, 3.8) is 0 Å². The molecule has 0 aliphatic carbocycles. The summed E-state index contributed by atoms with van der Waals surface area (Å²) in [6.45, 7) is 0.0427. The minimum Gasteiger partial charge on any atom is -0.489 e. The number of carboxylic acids is 1. The summed E-state index contributed by atoms with van der Waals surface area (Å²) in [5.41, 5.74) is -0.753. The Morgan fingerprint density at radius 1 is 1.20 bits per heavy atom. The van der Waals surface area contributed by atoms with Gasteiger partial charge in [0, 0.05) is 5.56 Å². The molecule has 1 aliphatic rings. The van der Waals surface area contributed by atoms with E-state index in [1.165, 1.54) is 6.07 Å². The molecular formula is C22H21FN2O5. The van der Waals surface area contributed by atoms with Crippen LogP contribution in [0.1, 0.15) is 42.9 Å². The van der Waals surface area contributed by atoms with Crippen LogP contribution in [-0.4, -0.2) is 32.7 Å². The molecule has 2 aromatic rings. The number of halogens is 1. The highest BCUT2D eigenvalue weighted by Gasteiger charge is 2.52. The molecule has 3 rings (SSSR count). The van der Waals surface area contributed by atoms with Crippen LogP contribution in [0.25, 0.3) is 0 Å². The van der Waals surface area contributed by atoms with Crippen molar-refractivity contribution in [1.82, 2.24) is 4.90 Å². The smallest absolute Gasteiger partial charge is 0.408 e. The van der Waals surface area contributed by atoms with E-state index in [9.17, 15) is 24.2 Å². The van der Waals surface area contributed by atoms with Crippen molar-refractivity contribution in [2.45, 2.75) is 43.9 Å². The van der Waals surface area contributed by atoms with Gasteiger partial charge in [-0.05, 0) is 43.0 Å². The van der Waals surface area contributed by atoms with Crippen LogP contribution in [0.2, 0.25) is 0 Å². The van der Waals surface area contributed by atoms with Gasteiger partial charge in [0.05, 0.1) is 18.5 Å². The molecule has 0 spiro atoms. The predicted molar refractivity (Wildman–Crippen MR) is 104 cm³/mol. The minimum absolute atomic E-state index is 0.0427. The Balaban J connectivity index is 1.82. The van der Waals surface area contributed by atoms with Gasteiger partial charge in [0.25, 0.3) is 0 Å². The average molecular weight is 412 g/mol. The first-order valence-corrected chi connectivity index (χ1v) is 9.48. The van der Waals surface area contributed by atoms with Gasteiger partial charge in [-0.3, -0.25) is 4.90 Å². The van der Waals surface area contributed by atoms with Crippen molar-refractivity contribution in [2.75, 3.05) is 0 Å². The Morgan fingerprint density at radius 2 is 1.90 bits per heavy atom. The number of piperidine rings is 1. The summed E-state index contributed by atoms with van der Waals surface area (Å²) in [5, 5.41) is 28.6. The van der Waals surface area contributed by atoms with Crippen LogP contribution in [0, 0.1) is 17.1 Å². The summed E-state index contributed by atoms with van der Waals surface area (Å²) in [5.74, 6) is -1.21. The van der Waals surface area contributed by atoms with Crippen LogP contribution in [0.4, 0.5) is 9.18 Å². The van der Waals surface area contributed by atoms with Crippen LogP contribution >= 0.6 is 0 Å².